The van der Waals surface area contributed by atoms with Gasteiger partial charge in [-0.2, -0.15) is 13.2 Å². The number of nitrogens with two attached hydrogens (primary N) is 1. The summed E-state index contributed by atoms with van der Waals surface area (Å²) in [5.74, 6) is 7.20. The van der Waals surface area contributed by atoms with Gasteiger partial charge in [-0.15, -0.1) is 0 Å². The minimum Gasteiger partial charge on any atom is -0.496 e. The fraction of sp³-hybridized carbons (Fsp3) is 0.455. The van der Waals surface area contributed by atoms with Crippen molar-refractivity contribution in [3.8, 4) is 11.5 Å². The van der Waals surface area contributed by atoms with Crippen LogP contribution < -0.4 is 15.3 Å². The lowest BCUT2D eigenvalue weighted by molar-refractivity contribution is -0.127. The SMILES string of the molecule is COc1cc(OC)c(CC(F)(F)F)cc1C[C@@H]1CCCN(N)[C@@H]1c1ccccc1. The third kappa shape index (κ3) is 5.22. The average molecular weight is 408 g/mol. The van der Waals surface area contributed by atoms with Crippen LogP contribution in [0.5, 0.6) is 11.5 Å². The molecular weight excluding hydrogens is 381 g/mol. The first-order chi connectivity index (χ1) is 13.8. The van der Waals surface area contributed by atoms with Crippen LogP contribution in [-0.4, -0.2) is 31.9 Å². The summed E-state index contributed by atoms with van der Waals surface area (Å²) in [5, 5.41) is 1.84. The van der Waals surface area contributed by atoms with Crippen LogP contribution in [0.4, 0.5) is 13.2 Å². The molecule has 2 N–H and O–H groups in total. The second-order valence-electron chi connectivity index (χ2n) is 7.47. The Hall–Kier alpha value is -2.25. The highest BCUT2D eigenvalue weighted by Crippen LogP contribution is 2.40. The van der Waals surface area contributed by atoms with Gasteiger partial charge in [0.2, 0.25) is 0 Å². The first kappa shape index (κ1) is 21.5. The number of rotatable bonds is 6. The summed E-state index contributed by atoms with van der Waals surface area (Å²) in [5.41, 5.74) is 1.98. The zero-order chi connectivity index (χ0) is 21.0. The highest BCUT2D eigenvalue weighted by Gasteiger charge is 2.33. The van der Waals surface area contributed by atoms with Crippen LogP contribution >= 0.6 is 0 Å². The Morgan fingerprint density at radius 2 is 1.69 bits per heavy atom. The van der Waals surface area contributed by atoms with Crippen molar-refractivity contribution in [2.45, 2.75) is 37.9 Å². The molecule has 1 saturated heterocycles. The quantitative estimate of drug-likeness (QED) is 0.706. The average Bonchev–Trinajstić information content (AvgIpc) is 2.68. The van der Waals surface area contributed by atoms with Crippen molar-refractivity contribution in [3.05, 3.63) is 59.2 Å². The van der Waals surface area contributed by atoms with Crippen molar-refractivity contribution >= 4 is 0 Å². The molecule has 0 aliphatic carbocycles. The van der Waals surface area contributed by atoms with Gasteiger partial charge in [-0.05, 0) is 42.4 Å². The van der Waals surface area contributed by atoms with Crippen LogP contribution in [-0.2, 0) is 12.8 Å². The Kier molecular flexibility index (Phi) is 6.70. The number of nitrogens with zero attached hydrogens (tertiary/aromatic N) is 1. The summed E-state index contributed by atoms with van der Waals surface area (Å²) in [7, 11) is 2.89. The second kappa shape index (κ2) is 9.05. The number of benzene rings is 2. The van der Waals surface area contributed by atoms with E-state index < -0.39 is 12.6 Å². The fourth-order valence-electron chi connectivity index (χ4n) is 4.26. The van der Waals surface area contributed by atoms with Crippen LogP contribution in [0.25, 0.3) is 0 Å². The van der Waals surface area contributed by atoms with Crippen molar-refractivity contribution in [2.24, 2.45) is 11.8 Å². The van der Waals surface area contributed by atoms with E-state index in [0.29, 0.717) is 12.2 Å². The lowest BCUT2D eigenvalue weighted by atomic mass is 9.81. The molecule has 2 aromatic rings. The zero-order valence-corrected chi connectivity index (χ0v) is 16.7. The smallest absolute Gasteiger partial charge is 0.393 e. The van der Waals surface area contributed by atoms with E-state index in [1.165, 1.54) is 14.2 Å². The molecule has 158 valence electrons. The fourth-order valence-corrected chi connectivity index (χ4v) is 4.26. The number of hydrazine groups is 1. The van der Waals surface area contributed by atoms with Crippen molar-refractivity contribution in [1.29, 1.82) is 0 Å². The zero-order valence-electron chi connectivity index (χ0n) is 16.7. The predicted molar refractivity (Wildman–Crippen MR) is 106 cm³/mol. The highest BCUT2D eigenvalue weighted by molar-refractivity contribution is 5.47. The van der Waals surface area contributed by atoms with Gasteiger partial charge in [-0.3, -0.25) is 5.84 Å². The number of methoxy groups -OCH3 is 2. The third-order valence-electron chi connectivity index (χ3n) is 5.49. The summed E-state index contributed by atoms with van der Waals surface area (Å²) >= 11 is 0. The minimum atomic E-state index is -4.31. The molecule has 4 nitrogen and oxygen atoms in total. The van der Waals surface area contributed by atoms with E-state index in [-0.39, 0.29) is 23.3 Å². The Labute approximate surface area is 169 Å². The Morgan fingerprint density at radius 3 is 2.31 bits per heavy atom. The lowest BCUT2D eigenvalue weighted by Crippen LogP contribution is -2.44. The third-order valence-corrected chi connectivity index (χ3v) is 5.49. The summed E-state index contributed by atoms with van der Waals surface area (Å²) in [6, 6.07) is 13.1. The number of hydrogen-bond donors (Lipinski definition) is 1. The molecule has 3 rings (SSSR count). The van der Waals surface area contributed by atoms with Gasteiger partial charge in [0.15, 0.2) is 0 Å². The summed E-state index contributed by atoms with van der Waals surface area (Å²) in [6.07, 6.45) is -2.89. The molecule has 0 aromatic heterocycles. The Balaban J connectivity index is 1.95. The predicted octanol–water partition coefficient (Wildman–Crippen LogP) is 4.68. The van der Waals surface area contributed by atoms with Gasteiger partial charge in [0.25, 0.3) is 0 Å². The molecular formula is C22H27F3N2O2. The number of alkyl halides is 3. The molecule has 0 radical (unpaired) electrons. The van der Waals surface area contributed by atoms with E-state index in [2.05, 4.69) is 0 Å². The van der Waals surface area contributed by atoms with Gasteiger partial charge in [0.05, 0.1) is 26.7 Å². The molecule has 0 bridgehead atoms. The van der Waals surface area contributed by atoms with Crippen LogP contribution in [0.2, 0.25) is 0 Å². The molecule has 1 fully saturated rings. The van der Waals surface area contributed by atoms with Crippen LogP contribution in [0, 0.1) is 5.92 Å². The van der Waals surface area contributed by atoms with Gasteiger partial charge in [-0.25, -0.2) is 5.01 Å². The van der Waals surface area contributed by atoms with E-state index in [1.54, 1.807) is 12.1 Å². The van der Waals surface area contributed by atoms with Crippen LogP contribution in [0.15, 0.2) is 42.5 Å². The van der Waals surface area contributed by atoms with Crippen molar-refractivity contribution in [2.75, 3.05) is 20.8 Å². The van der Waals surface area contributed by atoms with Gasteiger partial charge >= 0.3 is 6.18 Å². The molecule has 0 unspecified atom stereocenters. The maximum absolute atomic E-state index is 13.1. The molecule has 1 aliphatic heterocycles. The van der Waals surface area contributed by atoms with E-state index >= 15 is 0 Å². The highest BCUT2D eigenvalue weighted by atomic mass is 19.4. The topological polar surface area (TPSA) is 47.7 Å². The normalized spacial score (nSPS) is 20.5. The molecule has 1 heterocycles. The second-order valence-corrected chi connectivity index (χ2v) is 7.47. The number of piperidine rings is 1. The summed E-state index contributed by atoms with van der Waals surface area (Å²) < 4.78 is 49.8. The maximum Gasteiger partial charge on any atom is 0.393 e. The number of halogens is 3. The Morgan fingerprint density at radius 1 is 1.03 bits per heavy atom. The number of hydrogen-bond acceptors (Lipinski definition) is 4. The minimum absolute atomic E-state index is 0.00261. The van der Waals surface area contributed by atoms with E-state index in [1.807, 2.05) is 35.3 Å². The maximum atomic E-state index is 13.1. The number of ether oxygens (including phenoxy) is 2. The molecule has 29 heavy (non-hydrogen) atoms. The summed E-state index contributed by atoms with van der Waals surface area (Å²) in [4.78, 5) is 0. The van der Waals surface area contributed by atoms with E-state index in [4.69, 9.17) is 15.3 Å². The van der Waals surface area contributed by atoms with Gasteiger partial charge < -0.3 is 9.47 Å². The van der Waals surface area contributed by atoms with Crippen LogP contribution in [0.1, 0.15) is 35.6 Å². The van der Waals surface area contributed by atoms with Crippen molar-refractivity contribution in [1.82, 2.24) is 5.01 Å². The van der Waals surface area contributed by atoms with Crippen molar-refractivity contribution < 1.29 is 22.6 Å². The largest absolute Gasteiger partial charge is 0.496 e. The molecule has 0 spiro atoms. The first-order valence-corrected chi connectivity index (χ1v) is 9.69. The molecule has 2 aromatic carbocycles. The Bertz CT molecular complexity index is 812. The van der Waals surface area contributed by atoms with E-state index in [9.17, 15) is 13.2 Å². The van der Waals surface area contributed by atoms with Gasteiger partial charge in [0.1, 0.15) is 11.5 Å². The van der Waals surface area contributed by atoms with Crippen LogP contribution in [0.3, 0.4) is 0 Å². The van der Waals surface area contributed by atoms with Crippen molar-refractivity contribution in [3.63, 3.8) is 0 Å². The molecule has 7 heteroatoms. The van der Waals surface area contributed by atoms with E-state index in [0.717, 1.165) is 30.5 Å². The first-order valence-electron chi connectivity index (χ1n) is 9.69. The lowest BCUT2D eigenvalue weighted by Gasteiger charge is -2.39. The summed E-state index contributed by atoms with van der Waals surface area (Å²) in [6.45, 7) is 0.787. The molecule has 0 amide bonds. The van der Waals surface area contributed by atoms with Gasteiger partial charge in [0, 0.05) is 18.2 Å². The standard InChI is InChI=1S/C22H27F3N2O2/c1-28-19-13-20(29-2)18(14-22(23,24)25)12-17(19)11-16-9-6-10-27(26)21(16)15-7-4-3-5-8-15/h3-5,7-8,12-13,16,21H,6,9-11,14,26H2,1-2H3/t16-,21+/m0/s1. The molecule has 2 atom stereocenters. The molecule has 1 aliphatic rings. The monoisotopic (exact) mass is 408 g/mol. The van der Waals surface area contributed by atoms with Gasteiger partial charge in [-0.1, -0.05) is 30.3 Å². The molecule has 0 saturated carbocycles.